The first-order valence-electron chi connectivity index (χ1n) is 8.45. The lowest BCUT2D eigenvalue weighted by molar-refractivity contribution is -0.139. The molecule has 0 bridgehead atoms. The molecule has 0 radical (unpaired) electrons. The maximum Gasteiger partial charge on any atom is 0.341 e. The van der Waals surface area contributed by atoms with E-state index in [4.69, 9.17) is 14.6 Å². The third-order valence-corrected chi connectivity index (χ3v) is 5.03. The van der Waals surface area contributed by atoms with Crippen LogP contribution in [-0.2, 0) is 9.59 Å². The first-order valence-corrected chi connectivity index (χ1v) is 9.27. The van der Waals surface area contributed by atoms with Crippen LogP contribution < -0.4 is 14.4 Å². The third-order valence-electron chi connectivity index (χ3n) is 3.97. The van der Waals surface area contributed by atoms with Crippen LogP contribution in [0.4, 0.5) is 5.69 Å². The number of amidine groups is 1. The molecule has 1 aliphatic rings. The largest absolute Gasteiger partial charge is 0.508 e. The zero-order valence-corrected chi connectivity index (χ0v) is 16.5. The normalized spacial score (nSPS) is 14.6. The van der Waals surface area contributed by atoms with Crippen molar-refractivity contribution in [1.29, 1.82) is 0 Å². The Morgan fingerprint density at radius 3 is 2.59 bits per heavy atom. The number of thioether (sulfide) groups is 1. The molecular weight excluding hydrogens is 396 g/mol. The Labute approximate surface area is 171 Å². The van der Waals surface area contributed by atoms with Gasteiger partial charge in [-0.25, -0.2) is 4.79 Å². The quantitative estimate of drug-likeness (QED) is 0.695. The summed E-state index contributed by atoms with van der Waals surface area (Å²) >= 11 is 1.23. The van der Waals surface area contributed by atoms with Crippen LogP contribution in [0.15, 0.2) is 52.4 Å². The number of amides is 1. The number of carbonyl (C=O) groups excluding carboxylic acids is 1. The molecule has 0 spiro atoms. The van der Waals surface area contributed by atoms with E-state index >= 15 is 0 Å². The Bertz CT molecular complexity index is 1000. The number of benzene rings is 2. The predicted octanol–water partition coefficient (Wildman–Crippen LogP) is 2.97. The molecule has 29 heavy (non-hydrogen) atoms. The second kappa shape index (κ2) is 8.70. The SMILES string of the molecule is COc1cc(/C=C2/SC(N(C)c3ccc(O)cc3)=NC2=O)ccc1OCC(=O)O. The molecule has 1 heterocycles. The number of phenols is 1. The lowest BCUT2D eigenvalue weighted by atomic mass is 10.2. The van der Waals surface area contributed by atoms with Crippen LogP contribution in [0, 0.1) is 0 Å². The van der Waals surface area contributed by atoms with Gasteiger partial charge in [-0.15, -0.1) is 0 Å². The minimum atomic E-state index is -1.09. The van der Waals surface area contributed by atoms with Gasteiger partial charge in [0, 0.05) is 12.7 Å². The molecule has 8 nitrogen and oxygen atoms in total. The molecule has 0 aliphatic carbocycles. The van der Waals surface area contributed by atoms with E-state index in [0.717, 1.165) is 5.69 Å². The van der Waals surface area contributed by atoms with E-state index in [-0.39, 0.29) is 11.7 Å². The van der Waals surface area contributed by atoms with Gasteiger partial charge in [0.25, 0.3) is 5.91 Å². The van der Waals surface area contributed by atoms with Crippen LogP contribution in [0.25, 0.3) is 6.08 Å². The average Bonchev–Trinajstić information content (AvgIpc) is 3.07. The molecule has 0 saturated carbocycles. The van der Waals surface area contributed by atoms with Gasteiger partial charge in [0.05, 0.1) is 12.0 Å². The lowest BCUT2D eigenvalue weighted by Gasteiger charge is -2.17. The molecule has 9 heteroatoms. The summed E-state index contributed by atoms with van der Waals surface area (Å²) in [5.41, 5.74) is 1.47. The molecule has 3 rings (SSSR count). The molecule has 150 valence electrons. The zero-order chi connectivity index (χ0) is 21.0. The van der Waals surface area contributed by atoms with Gasteiger partial charge >= 0.3 is 5.97 Å². The fraction of sp³-hybridized carbons (Fsp3) is 0.150. The van der Waals surface area contributed by atoms with E-state index < -0.39 is 12.6 Å². The standard InChI is InChI=1S/C20H18N2O6S/c1-22(13-4-6-14(23)7-5-13)20-21-19(26)17(29-20)10-12-3-8-15(16(9-12)27-2)28-11-18(24)25/h3-10,23H,11H2,1-2H3,(H,24,25)/b17-10+. The van der Waals surface area contributed by atoms with Crippen LogP contribution in [0.5, 0.6) is 17.2 Å². The summed E-state index contributed by atoms with van der Waals surface area (Å²) in [5, 5.41) is 18.7. The first kappa shape index (κ1) is 20.3. The second-order valence-corrected chi connectivity index (χ2v) is 6.99. The number of aromatic hydroxyl groups is 1. The van der Waals surface area contributed by atoms with Crippen molar-refractivity contribution < 1.29 is 29.3 Å². The van der Waals surface area contributed by atoms with Gasteiger partial charge < -0.3 is 24.6 Å². The van der Waals surface area contributed by atoms with Gasteiger partial charge in [0.2, 0.25) is 0 Å². The maximum atomic E-state index is 12.3. The number of methoxy groups -OCH3 is 1. The fourth-order valence-corrected chi connectivity index (χ4v) is 3.41. The summed E-state index contributed by atoms with van der Waals surface area (Å²) in [5.74, 6) is -0.635. The number of hydrogen-bond donors (Lipinski definition) is 2. The number of carbonyl (C=O) groups is 2. The van der Waals surface area contributed by atoms with Gasteiger partial charge in [-0.2, -0.15) is 4.99 Å². The number of carboxylic acids is 1. The summed E-state index contributed by atoms with van der Waals surface area (Å²) in [4.78, 5) is 29.3. The number of ether oxygens (including phenoxy) is 2. The summed E-state index contributed by atoms with van der Waals surface area (Å²) < 4.78 is 10.4. The highest BCUT2D eigenvalue weighted by Crippen LogP contribution is 2.34. The number of rotatable bonds is 6. The van der Waals surface area contributed by atoms with Crippen molar-refractivity contribution in [1.82, 2.24) is 0 Å². The van der Waals surface area contributed by atoms with Gasteiger partial charge in [-0.05, 0) is 59.8 Å². The molecular formula is C20H18N2O6S. The van der Waals surface area contributed by atoms with E-state index in [1.807, 2.05) is 0 Å². The van der Waals surface area contributed by atoms with Gasteiger partial charge in [-0.1, -0.05) is 6.07 Å². The van der Waals surface area contributed by atoms with Crippen LogP contribution in [0.2, 0.25) is 0 Å². The van der Waals surface area contributed by atoms with E-state index in [1.54, 1.807) is 60.5 Å². The number of aliphatic carboxylic acids is 1. The van der Waals surface area contributed by atoms with Crippen molar-refractivity contribution in [2.75, 3.05) is 25.7 Å². The van der Waals surface area contributed by atoms with E-state index in [9.17, 15) is 14.7 Å². The highest BCUT2D eigenvalue weighted by atomic mass is 32.2. The second-order valence-electron chi connectivity index (χ2n) is 5.98. The predicted molar refractivity (Wildman–Crippen MR) is 111 cm³/mol. The third kappa shape index (κ3) is 4.88. The Kier molecular flexibility index (Phi) is 6.08. The number of carboxylic acid groups (broad SMARTS) is 1. The number of anilines is 1. The highest BCUT2D eigenvalue weighted by Gasteiger charge is 2.25. The monoisotopic (exact) mass is 414 g/mol. The molecule has 2 aromatic rings. The van der Waals surface area contributed by atoms with Gasteiger partial charge in [0.15, 0.2) is 23.3 Å². The van der Waals surface area contributed by atoms with Crippen LogP contribution in [-0.4, -0.2) is 48.0 Å². The molecule has 0 unspecified atom stereocenters. The minimum absolute atomic E-state index is 0.157. The molecule has 0 aromatic heterocycles. The van der Waals surface area contributed by atoms with Gasteiger partial charge in [-0.3, -0.25) is 4.79 Å². The Morgan fingerprint density at radius 1 is 1.21 bits per heavy atom. The lowest BCUT2D eigenvalue weighted by Crippen LogP contribution is -2.21. The maximum absolute atomic E-state index is 12.3. The molecule has 0 atom stereocenters. The highest BCUT2D eigenvalue weighted by molar-refractivity contribution is 8.18. The number of hydrogen-bond acceptors (Lipinski definition) is 7. The molecule has 0 fully saturated rings. The Morgan fingerprint density at radius 2 is 1.93 bits per heavy atom. The topological polar surface area (TPSA) is 109 Å². The Hall–Kier alpha value is -3.46. The molecule has 1 aliphatic heterocycles. The summed E-state index contributed by atoms with van der Waals surface area (Å²) in [7, 11) is 3.23. The number of nitrogens with zero attached hydrogens (tertiary/aromatic N) is 2. The van der Waals surface area contributed by atoms with Crippen LogP contribution in [0.3, 0.4) is 0 Å². The number of phenolic OH excluding ortho intramolecular Hbond substituents is 1. The van der Waals surface area contributed by atoms with Crippen LogP contribution >= 0.6 is 11.8 Å². The summed E-state index contributed by atoms with van der Waals surface area (Å²) in [6.07, 6.45) is 1.68. The van der Waals surface area contributed by atoms with Crippen molar-refractivity contribution in [2.24, 2.45) is 4.99 Å². The molecule has 2 aromatic carbocycles. The number of aliphatic imine (C=N–C) groups is 1. The van der Waals surface area contributed by atoms with Crippen molar-refractivity contribution >= 4 is 40.6 Å². The van der Waals surface area contributed by atoms with E-state index in [1.165, 1.54) is 18.9 Å². The van der Waals surface area contributed by atoms with Crippen molar-refractivity contribution in [3.8, 4) is 17.2 Å². The first-order chi connectivity index (χ1) is 13.9. The van der Waals surface area contributed by atoms with E-state index in [0.29, 0.717) is 27.1 Å². The minimum Gasteiger partial charge on any atom is -0.508 e. The van der Waals surface area contributed by atoms with Crippen LogP contribution in [0.1, 0.15) is 5.56 Å². The van der Waals surface area contributed by atoms with Crippen molar-refractivity contribution in [2.45, 2.75) is 0 Å². The fourth-order valence-electron chi connectivity index (χ4n) is 2.51. The average molecular weight is 414 g/mol. The zero-order valence-electron chi connectivity index (χ0n) is 15.7. The molecule has 1 amide bonds. The summed E-state index contributed by atoms with van der Waals surface area (Å²) in [6, 6.07) is 11.5. The van der Waals surface area contributed by atoms with E-state index in [2.05, 4.69) is 4.99 Å². The van der Waals surface area contributed by atoms with Crippen molar-refractivity contribution in [3.05, 3.63) is 52.9 Å². The smallest absolute Gasteiger partial charge is 0.341 e. The Balaban J connectivity index is 1.77. The molecule has 0 saturated heterocycles. The molecule has 2 N–H and O–H groups in total. The van der Waals surface area contributed by atoms with Crippen molar-refractivity contribution in [3.63, 3.8) is 0 Å². The van der Waals surface area contributed by atoms with Gasteiger partial charge in [0.1, 0.15) is 5.75 Å². The summed E-state index contributed by atoms with van der Waals surface area (Å²) in [6.45, 7) is -0.480.